The van der Waals surface area contributed by atoms with E-state index in [-0.39, 0.29) is 19.0 Å². The first kappa shape index (κ1) is 18.7. The zero-order chi connectivity index (χ0) is 19.2. The molecule has 0 spiro atoms. The molecule has 27 heavy (non-hydrogen) atoms. The molecule has 6 nitrogen and oxygen atoms in total. The van der Waals surface area contributed by atoms with Gasteiger partial charge in [0.2, 0.25) is 5.76 Å². The third kappa shape index (κ3) is 4.17. The zero-order valence-corrected chi connectivity index (χ0v) is 15.2. The number of carbonyl (C=O) groups excluding carboxylic acids is 2. The number of benzene rings is 2. The topological polar surface area (TPSA) is 75.0 Å². The highest BCUT2D eigenvalue weighted by Crippen LogP contribution is 2.27. The van der Waals surface area contributed by atoms with Crippen LogP contribution < -0.4 is 0 Å². The van der Waals surface area contributed by atoms with Gasteiger partial charge in [-0.05, 0) is 30.7 Å². The highest BCUT2D eigenvalue weighted by molar-refractivity contribution is 5.96. The molecule has 1 heterocycles. The minimum absolute atomic E-state index is 0.0609. The molecular formula is C21H20O6. The minimum atomic E-state index is -0.557. The summed E-state index contributed by atoms with van der Waals surface area (Å²) >= 11 is 0. The lowest BCUT2D eigenvalue weighted by molar-refractivity contribution is 0.0429. The van der Waals surface area contributed by atoms with E-state index in [2.05, 4.69) is 4.74 Å². The summed E-state index contributed by atoms with van der Waals surface area (Å²) in [7, 11) is 1.32. The molecule has 0 N–H and O–H groups in total. The van der Waals surface area contributed by atoms with Crippen LogP contribution in [0.15, 0.2) is 52.9 Å². The number of para-hydroxylation sites is 1. The van der Waals surface area contributed by atoms with Gasteiger partial charge in [0.1, 0.15) is 12.2 Å². The van der Waals surface area contributed by atoms with E-state index in [1.807, 2.05) is 25.1 Å². The molecular weight excluding hydrogens is 348 g/mol. The van der Waals surface area contributed by atoms with Gasteiger partial charge in [0, 0.05) is 17.6 Å². The molecule has 3 aromatic rings. The average molecular weight is 368 g/mol. The van der Waals surface area contributed by atoms with Gasteiger partial charge < -0.3 is 18.6 Å². The van der Waals surface area contributed by atoms with Gasteiger partial charge in [-0.15, -0.1) is 0 Å². The summed E-state index contributed by atoms with van der Waals surface area (Å²) in [6.07, 6.45) is 0. The maximum Gasteiger partial charge on any atom is 0.374 e. The lowest BCUT2D eigenvalue weighted by Gasteiger charge is -2.06. The molecule has 0 atom stereocenters. The van der Waals surface area contributed by atoms with E-state index in [9.17, 15) is 9.59 Å². The number of ether oxygens (including phenoxy) is 3. The maximum atomic E-state index is 12.5. The van der Waals surface area contributed by atoms with Crippen LogP contribution >= 0.6 is 0 Å². The van der Waals surface area contributed by atoms with Gasteiger partial charge in [-0.25, -0.2) is 9.59 Å². The van der Waals surface area contributed by atoms with Gasteiger partial charge >= 0.3 is 11.9 Å². The Balaban J connectivity index is 1.75. The molecule has 3 rings (SSSR count). The summed E-state index contributed by atoms with van der Waals surface area (Å²) in [4.78, 5) is 24.0. The van der Waals surface area contributed by atoms with Crippen molar-refractivity contribution in [1.82, 2.24) is 0 Å². The first-order chi connectivity index (χ1) is 13.1. The Hall–Kier alpha value is -3.12. The van der Waals surface area contributed by atoms with Gasteiger partial charge in [-0.2, -0.15) is 0 Å². The molecule has 0 fully saturated rings. The first-order valence-corrected chi connectivity index (χ1v) is 8.56. The van der Waals surface area contributed by atoms with E-state index in [0.717, 1.165) is 10.9 Å². The number of hydrogen-bond acceptors (Lipinski definition) is 6. The number of methoxy groups -OCH3 is 1. The predicted octanol–water partition coefficient (Wildman–Crippen LogP) is 4.11. The Morgan fingerprint density at radius 2 is 1.70 bits per heavy atom. The van der Waals surface area contributed by atoms with Crippen LogP contribution in [0.1, 0.15) is 39.0 Å². The van der Waals surface area contributed by atoms with Crippen LogP contribution in [0.4, 0.5) is 0 Å². The van der Waals surface area contributed by atoms with E-state index in [4.69, 9.17) is 13.9 Å². The molecule has 0 radical (unpaired) electrons. The van der Waals surface area contributed by atoms with Crippen LogP contribution in [0.5, 0.6) is 0 Å². The lowest BCUT2D eigenvalue weighted by Crippen LogP contribution is -2.08. The quantitative estimate of drug-likeness (QED) is 0.584. The number of esters is 2. The van der Waals surface area contributed by atoms with Crippen molar-refractivity contribution >= 4 is 22.9 Å². The van der Waals surface area contributed by atoms with Gasteiger partial charge in [0.15, 0.2) is 0 Å². The standard InChI is InChI=1S/C21H20O6/c1-3-25-13-17-16-6-4-5-7-18(16)27-19(17)21(23)26-12-14-8-10-15(11-9-14)20(22)24-2/h4-11H,3,12-13H2,1-2H3. The minimum Gasteiger partial charge on any atom is -0.465 e. The molecule has 0 unspecified atom stereocenters. The molecule has 1 aromatic heterocycles. The molecule has 0 saturated heterocycles. The van der Waals surface area contributed by atoms with E-state index in [1.54, 1.807) is 30.3 Å². The Bertz CT molecular complexity index is 939. The monoisotopic (exact) mass is 368 g/mol. The first-order valence-electron chi connectivity index (χ1n) is 8.56. The van der Waals surface area contributed by atoms with E-state index in [1.165, 1.54) is 7.11 Å². The normalized spacial score (nSPS) is 10.7. The maximum absolute atomic E-state index is 12.5. The second-order valence-electron chi connectivity index (χ2n) is 5.81. The van der Waals surface area contributed by atoms with Crippen molar-refractivity contribution < 1.29 is 28.2 Å². The average Bonchev–Trinajstić information content (AvgIpc) is 3.09. The molecule has 0 aliphatic heterocycles. The van der Waals surface area contributed by atoms with Crippen molar-refractivity contribution in [3.05, 3.63) is 71.0 Å². The fourth-order valence-corrected chi connectivity index (χ4v) is 2.68. The largest absolute Gasteiger partial charge is 0.465 e. The molecule has 140 valence electrons. The fraction of sp³-hybridized carbons (Fsp3) is 0.238. The van der Waals surface area contributed by atoms with E-state index < -0.39 is 11.9 Å². The van der Waals surface area contributed by atoms with Crippen LogP contribution in [-0.4, -0.2) is 25.7 Å². The van der Waals surface area contributed by atoms with Crippen molar-refractivity contribution in [2.75, 3.05) is 13.7 Å². The number of furan rings is 1. The van der Waals surface area contributed by atoms with E-state index >= 15 is 0 Å². The second kappa shape index (κ2) is 8.51. The van der Waals surface area contributed by atoms with Crippen molar-refractivity contribution in [3.63, 3.8) is 0 Å². The zero-order valence-electron chi connectivity index (χ0n) is 15.2. The lowest BCUT2D eigenvalue weighted by atomic mass is 10.1. The third-order valence-corrected chi connectivity index (χ3v) is 4.08. The molecule has 2 aromatic carbocycles. The van der Waals surface area contributed by atoms with Crippen LogP contribution in [0.2, 0.25) is 0 Å². The van der Waals surface area contributed by atoms with Crippen molar-refractivity contribution in [3.8, 4) is 0 Å². The van der Waals surface area contributed by atoms with Crippen molar-refractivity contribution in [1.29, 1.82) is 0 Å². The number of fused-ring (bicyclic) bond motifs is 1. The summed E-state index contributed by atoms with van der Waals surface area (Å²) in [5, 5.41) is 0.834. The molecule has 6 heteroatoms. The second-order valence-corrected chi connectivity index (χ2v) is 5.81. The molecule has 0 bridgehead atoms. The van der Waals surface area contributed by atoms with Gasteiger partial charge in [0.05, 0.1) is 19.3 Å². The molecule has 0 aliphatic rings. The predicted molar refractivity (Wildman–Crippen MR) is 98.4 cm³/mol. The number of carbonyl (C=O) groups is 2. The summed E-state index contributed by atoms with van der Waals surface area (Å²) < 4.78 is 21.2. The molecule has 0 amide bonds. The SMILES string of the molecule is CCOCc1c(C(=O)OCc2ccc(C(=O)OC)cc2)oc2ccccc12. The van der Waals surface area contributed by atoms with Crippen LogP contribution in [-0.2, 0) is 27.4 Å². The van der Waals surface area contributed by atoms with Crippen molar-refractivity contribution in [2.45, 2.75) is 20.1 Å². The van der Waals surface area contributed by atoms with Gasteiger partial charge in [-0.3, -0.25) is 0 Å². The van der Waals surface area contributed by atoms with Gasteiger partial charge in [-0.1, -0.05) is 30.3 Å². The molecule has 0 aliphatic carbocycles. The summed E-state index contributed by atoms with van der Waals surface area (Å²) in [6, 6.07) is 14.1. The Morgan fingerprint density at radius 3 is 2.41 bits per heavy atom. The highest BCUT2D eigenvalue weighted by Gasteiger charge is 2.22. The highest BCUT2D eigenvalue weighted by atomic mass is 16.5. The summed E-state index contributed by atoms with van der Waals surface area (Å²) in [6.45, 7) is 2.75. The van der Waals surface area contributed by atoms with Crippen molar-refractivity contribution in [2.24, 2.45) is 0 Å². The Labute approximate surface area is 156 Å². The van der Waals surface area contributed by atoms with Crippen LogP contribution in [0.3, 0.4) is 0 Å². The number of rotatable bonds is 7. The molecule has 0 saturated carbocycles. The third-order valence-electron chi connectivity index (χ3n) is 4.08. The van der Waals surface area contributed by atoms with Crippen LogP contribution in [0, 0.1) is 0 Å². The van der Waals surface area contributed by atoms with E-state index in [0.29, 0.717) is 23.3 Å². The Kier molecular flexibility index (Phi) is 5.88. The number of hydrogen-bond donors (Lipinski definition) is 0. The smallest absolute Gasteiger partial charge is 0.374 e. The van der Waals surface area contributed by atoms with Crippen LogP contribution in [0.25, 0.3) is 11.0 Å². The Morgan fingerprint density at radius 1 is 0.963 bits per heavy atom. The summed E-state index contributed by atoms with van der Waals surface area (Å²) in [5.41, 5.74) is 2.47. The summed E-state index contributed by atoms with van der Waals surface area (Å²) in [5.74, 6) is -0.824. The van der Waals surface area contributed by atoms with Gasteiger partial charge in [0.25, 0.3) is 0 Å². The fourth-order valence-electron chi connectivity index (χ4n) is 2.68.